The van der Waals surface area contributed by atoms with E-state index in [1.165, 1.54) is 11.8 Å². The van der Waals surface area contributed by atoms with Gasteiger partial charge in [-0.2, -0.15) is 0 Å². The molecule has 136 valence electrons. The van der Waals surface area contributed by atoms with E-state index >= 15 is 0 Å². The summed E-state index contributed by atoms with van der Waals surface area (Å²) in [7, 11) is 1.81. The standard InChI is InChI=1S/C19H23N5OS/c1-12-14(13(2)21-19(20-12)26-4)9-10-18(25)24(3)11-17-22-15-7-5-6-8-16(15)23-17/h5-8H,9-11H2,1-4H3,(H,22,23). The summed E-state index contributed by atoms with van der Waals surface area (Å²) in [5.41, 5.74) is 4.87. The molecule has 2 heterocycles. The van der Waals surface area contributed by atoms with E-state index in [4.69, 9.17) is 0 Å². The molecule has 0 spiro atoms. The molecule has 0 atom stereocenters. The minimum Gasteiger partial charge on any atom is -0.340 e. The Morgan fingerprint density at radius 2 is 1.85 bits per heavy atom. The zero-order valence-electron chi connectivity index (χ0n) is 15.5. The summed E-state index contributed by atoms with van der Waals surface area (Å²) >= 11 is 1.53. The summed E-state index contributed by atoms with van der Waals surface area (Å²) in [6.45, 7) is 4.42. The van der Waals surface area contributed by atoms with E-state index in [0.29, 0.717) is 19.4 Å². The number of hydrogen-bond donors (Lipinski definition) is 1. The van der Waals surface area contributed by atoms with Gasteiger partial charge in [0.1, 0.15) is 5.82 Å². The fourth-order valence-corrected chi connectivity index (χ4v) is 3.43. The number of para-hydroxylation sites is 2. The van der Waals surface area contributed by atoms with Crippen molar-refractivity contribution in [3.8, 4) is 0 Å². The third-order valence-corrected chi connectivity index (χ3v) is 4.97. The maximum absolute atomic E-state index is 12.5. The molecular weight excluding hydrogens is 346 g/mol. The van der Waals surface area contributed by atoms with Crippen molar-refractivity contribution >= 4 is 28.7 Å². The lowest BCUT2D eigenvalue weighted by molar-refractivity contribution is -0.130. The van der Waals surface area contributed by atoms with Gasteiger partial charge in [0.05, 0.1) is 17.6 Å². The number of aromatic nitrogens is 4. The van der Waals surface area contributed by atoms with E-state index in [1.807, 2.05) is 51.4 Å². The summed E-state index contributed by atoms with van der Waals surface area (Å²) < 4.78 is 0. The van der Waals surface area contributed by atoms with E-state index < -0.39 is 0 Å². The Morgan fingerprint density at radius 1 is 1.15 bits per heavy atom. The normalized spacial score (nSPS) is 11.1. The summed E-state index contributed by atoms with van der Waals surface area (Å²) in [6, 6.07) is 7.86. The molecule has 3 rings (SSSR count). The average molecular weight is 369 g/mol. The highest BCUT2D eigenvalue weighted by Gasteiger charge is 2.14. The molecule has 0 fully saturated rings. The van der Waals surface area contributed by atoms with Crippen LogP contribution < -0.4 is 0 Å². The van der Waals surface area contributed by atoms with Crippen molar-refractivity contribution in [1.82, 2.24) is 24.8 Å². The molecule has 0 radical (unpaired) electrons. The molecule has 1 N–H and O–H groups in total. The molecule has 2 aromatic heterocycles. The van der Waals surface area contributed by atoms with E-state index in [-0.39, 0.29) is 5.91 Å². The van der Waals surface area contributed by atoms with Gasteiger partial charge in [0.2, 0.25) is 5.91 Å². The van der Waals surface area contributed by atoms with Crippen molar-refractivity contribution in [3.05, 3.63) is 47.0 Å². The maximum Gasteiger partial charge on any atom is 0.223 e. The van der Waals surface area contributed by atoms with Crippen molar-refractivity contribution in [2.24, 2.45) is 0 Å². The Bertz CT molecular complexity index is 881. The number of nitrogens with one attached hydrogen (secondary N) is 1. The zero-order valence-corrected chi connectivity index (χ0v) is 16.4. The van der Waals surface area contributed by atoms with Crippen LogP contribution in [0.15, 0.2) is 29.4 Å². The van der Waals surface area contributed by atoms with Crippen LogP contribution in [-0.2, 0) is 17.8 Å². The fraction of sp³-hybridized carbons (Fsp3) is 0.368. The van der Waals surface area contributed by atoms with Crippen LogP contribution in [0.25, 0.3) is 11.0 Å². The number of hydrogen-bond acceptors (Lipinski definition) is 5. The molecule has 3 aromatic rings. The number of nitrogens with zero attached hydrogens (tertiary/aromatic N) is 4. The molecule has 1 amide bonds. The summed E-state index contributed by atoms with van der Waals surface area (Å²) in [4.78, 5) is 31.0. The summed E-state index contributed by atoms with van der Waals surface area (Å²) in [5.74, 6) is 0.875. The molecule has 0 aliphatic carbocycles. The van der Waals surface area contributed by atoms with Crippen LogP contribution in [0.2, 0.25) is 0 Å². The molecule has 0 aliphatic rings. The van der Waals surface area contributed by atoms with Gasteiger partial charge < -0.3 is 9.88 Å². The highest BCUT2D eigenvalue weighted by molar-refractivity contribution is 7.98. The van der Waals surface area contributed by atoms with Gasteiger partial charge in [-0.25, -0.2) is 15.0 Å². The van der Waals surface area contributed by atoms with Gasteiger partial charge in [-0.3, -0.25) is 4.79 Å². The number of thioether (sulfide) groups is 1. The number of imidazole rings is 1. The third-order valence-electron chi connectivity index (χ3n) is 4.42. The lowest BCUT2D eigenvalue weighted by atomic mass is 10.1. The number of fused-ring (bicyclic) bond motifs is 1. The van der Waals surface area contributed by atoms with Crippen LogP contribution in [-0.4, -0.2) is 44.0 Å². The largest absolute Gasteiger partial charge is 0.340 e. The first-order valence-corrected chi connectivity index (χ1v) is 9.76. The van der Waals surface area contributed by atoms with Gasteiger partial charge >= 0.3 is 0 Å². The molecule has 6 nitrogen and oxygen atoms in total. The number of amides is 1. The third kappa shape index (κ3) is 4.04. The predicted molar refractivity (Wildman–Crippen MR) is 104 cm³/mol. The number of rotatable bonds is 6. The van der Waals surface area contributed by atoms with Crippen LogP contribution in [0.3, 0.4) is 0 Å². The Balaban J connectivity index is 1.62. The first-order valence-electron chi connectivity index (χ1n) is 8.53. The van der Waals surface area contributed by atoms with Gasteiger partial charge in [0.25, 0.3) is 0 Å². The van der Waals surface area contributed by atoms with Crippen LogP contribution >= 0.6 is 11.8 Å². The number of carbonyl (C=O) groups excluding carboxylic acids is 1. The Kier molecular flexibility index (Phi) is 5.56. The number of benzene rings is 1. The molecule has 26 heavy (non-hydrogen) atoms. The monoisotopic (exact) mass is 369 g/mol. The van der Waals surface area contributed by atoms with Crippen molar-refractivity contribution in [2.75, 3.05) is 13.3 Å². The number of aromatic amines is 1. The second kappa shape index (κ2) is 7.86. The molecule has 1 aromatic carbocycles. The maximum atomic E-state index is 12.5. The number of carbonyl (C=O) groups is 1. The lowest BCUT2D eigenvalue weighted by Gasteiger charge is -2.16. The first-order chi connectivity index (χ1) is 12.5. The van der Waals surface area contributed by atoms with Crippen molar-refractivity contribution < 1.29 is 4.79 Å². The van der Waals surface area contributed by atoms with Gasteiger partial charge in [-0.15, -0.1) is 0 Å². The van der Waals surface area contributed by atoms with Crippen molar-refractivity contribution in [3.63, 3.8) is 0 Å². The SMILES string of the molecule is CSc1nc(C)c(CCC(=O)N(C)Cc2nc3ccccc3[nH]2)c(C)n1. The molecule has 7 heteroatoms. The van der Waals surface area contributed by atoms with Crippen LogP contribution in [0.5, 0.6) is 0 Å². The number of H-pyrrole nitrogens is 1. The molecule has 0 bridgehead atoms. The van der Waals surface area contributed by atoms with E-state index in [9.17, 15) is 4.79 Å². The van der Waals surface area contributed by atoms with E-state index in [2.05, 4.69) is 19.9 Å². The van der Waals surface area contributed by atoms with E-state index in [0.717, 1.165) is 39.0 Å². The lowest BCUT2D eigenvalue weighted by Crippen LogP contribution is -2.27. The quantitative estimate of drug-likeness (QED) is 0.533. The van der Waals surface area contributed by atoms with Crippen molar-refractivity contribution in [1.29, 1.82) is 0 Å². The van der Waals surface area contributed by atoms with Gasteiger partial charge in [0, 0.05) is 24.9 Å². The summed E-state index contributed by atoms with van der Waals surface area (Å²) in [5, 5.41) is 0.775. The Hall–Kier alpha value is -2.41. The van der Waals surface area contributed by atoms with Crippen LogP contribution in [0, 0.1) is 13.8 Å². The Morgan fingerprint density at radius 3 is 2.50 bits per heavy atom. The van der Waals surface area contributed by atoms with Gasteiger partial charge in [-0.05, 0) is 44.2 Å². The summed E-state index contributed by atoms with van der Waals surface area (Å²) in [6.07, 6.45) is 3.04. The molecule has 0 aliphatic heterocycles. The second-order valence-electron chi connectivity index (χ2n) is 6.31. The highest BCUT2D eigenvalue weighted by atomic mass is 32.2. The topological polar surface area (TPSA) is 74.8 Å². The van der Waals surface area contributed by atoms with Crippen LogP contribution in [0.4, 0.5) is 0 Å². The minimum atomic E-state index is 0.0817. The molecular formula is C19H23N5OS. The first kappa shape index (κ1) is 18.4. The number of aryl methyl sites for hydroxylation is 2. The Labute approximate surface area is 157 Å². The van der Waals surface area contributed by atoms with Gasteiger partial charge in [-0.1, -0.05) is 23.9 Å². The van der Waals surface area contributed by atoms with Gasteiger partial charge in [0.15, 0.2) is 5.16 Å². The molecule has 0 saturated carbocycles. The van der Waals surface area contributed by atoms with Crippen LogP contribution in [0.1, 0.15) is 29.2 Å². The minimum absolute atomic E-state index is 0.0817. The second-order valence-corrected chi connectivity index (χ2v) is 7.08. The zero-order chi connectivity index (χ0) is 18.7. The highest BCUT2D eigenvalue weighted by Crippen LogP contribution is 2.18. The fourth-order valence-electron chi connectivity index (χ4n) is 2.98. The smallest absolute Gasteiger partial charge is 0.223 e. The predicted octanol–water partition coefficient (Wildman–Crippen LogP) is 3.28. The molecule has 0 unspecified atom stereocenters. The average Bonchev–Trinajstić information content (AvgIpc) is 3.02. The van der Waals surface area contributed by atoms with E-state index in [1.54, 1.807) is 4.90 Å². The molecule has 0 saturated heterocycles. The van der Waals surface area contributed by atoms with Crippen molar-refractivity contribution in [2.45, 2.75) is 38.4 Å².